The van der Waals surface area contributed by atoms with Gasteiger partial charge in [0.25, 0.3) is 0 Å². The number of thioether (sulfide) groups is 1. The van der Waals surface area contributed by atoms with Crippen LogP contribution in [0.2, 0.25) is 5.02 Å². The Morgan fingerprint density at radius 1 is 1.24 bits per heavy atom. The van der Waals surface area contributed by atoms with E-state index in [1.165, 1.54) is 9.58 Å². The average molecular weight is 336 g/mol. The van der Waals surface area contributed by atoms with Crippen LogP contribution in [0.25, 0.3) is 10.1 Å². The van der Waals surface area contributed by atoms with Crippen LogP contribution in [-0.4, -0.2) is 7.11 Å². The number of rotatable bonds is 4. The molecule has 0 saturated carbocycles. The first-order chi connectivity index (χ1) is 10.2. The monoisotopic (exact) mass is 335 g/mol. The maximum atomic E-state index is 6.46. The standard InChI is InChI=1S/C16H14ClNOS2/c1-19-10-6-7-12(18)14(8-10)20-9-15-16(17)11-4-2-3-5-13(11)21-15/h2-8H,9,18H2,1H3. The normalized spacial score (nSPS) is 11.0. The summed E-state index contributed by atoms with van der Waals surface area (Å²) in [5.74, 6) is 1.62. The summed E-state index contributed by atoms with van der Waals surface area (Å²) in [6.07, 6.45) is 0. The highest BCUT2D eigenvalue weighted by atomic mass is 35.5. The van der Waals surface area contributed by atoms with E-state index in [9.17, 15) is 0 Å². The Bertz CT molecular complexity index is 785. The van der Waals surface area contributed by atoms with E-state index < -0.39 is 0 Å². The summed E-state index contributed by atoms with van der Waals surface area (Å²) in [7, 11) is 1.66. The zero-order valence-electron chi connectivity index (χ0n) is 11.4. The number of nitrogens with two attached hydrogens (primary N) is 1. The fraction of sp³-hybridized carbons (Fsp3) is 0.125. The largest absolute Gasteiger partial charge is 0.497 e. The third kappa shape index (κ3) is 2.98. The molecule has 0 atom stereocenters. The fourth-order valence-corrected chi connectivity index (χ4v) is 4.72. The number of nitrogen functional groups attached to an aromatic ring is 1. The lowest BCUT2D eigenvalue weighted by Gasteiger charge is -2.07. The van der Waals surface area contributed by atoms with Gasteiger partial charge in [-0.25, -0.2) is 0 Å². The van der Waals surface area contributed by atoms with Gasteiger partial charge in [0.2, 0.25) is 0 Å². The molecule has 0 aliphatic heterocycles. The van der Waals surface area contributed by atoms with Crippen molar-refractivity contribution in [3.05, 3.63) is 52.4 Å². The quantitative estimate of drug-likeness (QED) is 0.509. The third-order valence-corrected chi connectivity index (χ3v) is 6.18. The van der Waals surface area contributed by atoms with Crippen molar-refractivity contribution in [3.63, 3.8) is 0 Å². The zero-order valence-corrected chi connectivity index (χ0v) is 13.8. The van der Waals surface area contributed by atoms with Crippen molar-refractivity contribution < 1.29 is 4.74 Å². The number of ether oxygens (including phenoxy) is 1. The third-order valence-electron chi connectivity index (χ3n) is 3.18. The van der Waals surface area contributed by atoms with Crippen LogP contribution in [-0.2, 0) is 5.75 Å². The molecular formula is C16H14ClNOS2. The predicted molar refractivity (Wildman–Crippen MR) is 93.8 cm³/mol. The van der Waals surface area contributed by atoms with Gasteiger partial charge in [-0.1, -0.05) is 29.8 Å². The lowest BCUT2D eigenvalue weighted by molar-refractivity contribution is 0.414. The first-order valence-corrected chi connectivity index (χ1v) is 8.59. The summed E-state index contributed by atoms with van der Waals surface area (Å²) in [6.45, 7) is 0. The predicted octanol–water partition coefficient (Wildman–Crippen LogP) is 5.44. The second-order valence-electron chi connectivity index (χ2n) is 4.53. The van der Waals surface area contributed by atoms with Gasteiger partial charge in [-0.3, -0.25) is 0 Å². The van der Waals surface area contributed by atoms with Crippen molar-refractivity contribution in [2.75, 3.05) is 12.8 Å². The molecule has 0 radical (unpaired) electrons. The number of hydrogen-bond acceptors (Lipinski definition) is 4. The summed E-state index contributed by atoms with van der Waals surface area (Å²) in [5, 5.41) is 1.97. The molecule has 1 aromatic heterocycles. The van der Waals surface area contributed by atoms with Crippen molar-refractivity contribution in [3.8, 4) is 5.75 Å². The van der Waals surface area contributed by atoms with E-state index in [2.05, 4.69) is 12.1 Å². The molecular weight excluding hydrogens is 322 g/mol. The summed E-state index contributed by atoms with van der Waals surface area (Å²) in [6, 6.07) is 13.9. The number of halogens is 1. The first-order valence-electron chi connectivity index (χ1n) is 6.41. The fourth-order valence-electron chi connectivity index (χ4n) is 2.07. The molecule has 0 saturated heterocycles. The van der Waals surface area contributed by atoms with Crippen LogP contribution >= 0.6 is 34.7 Å². The molecule has 1 heterocycles. The second-order valence-corrected chi connectivity index (χ2v) is 7.06. The Morgan fingerprint density at radius 3 is 2.81 bits per heavy atom. The van der Waals surface area contributed by atoms with E-state index in [0.717, 1.165) is 32.5 Å². The molecule has 0 spiro atoms. The maximum absolute atomic E-state index is 6.46. The minimum Gasteiger partial charge on any atom is -0.497 e. The lowest BCUT2D eigenvalue weighted by Crippen LogP contribution is -1.90. The van der Waals surface area contributed by atoms with E-state index in [-0.39, 0.29) is 0 Å². The van der Waals surface area contributed by atoms with Gasteiger partial charge in [-0.2, -0.15) is 0 Å². The van der Waals surface area contributed by atoms with Crippen LogP contribution in [0.1, 0.15) is 4.88 Å². The first kappa shape index (κ1) is 14.6. The summed E-state index contributed by atoms with van der Waals surface area (Å²) in [4.78, 5) is 2.19. The van der Waals surface area contributed by atoms with Gasteiger partial charge in [-0.05, 0) is 24.3 Å². The summed E-state index contributed by atoms with van der Waals surface area (Å²) >= 11 is 9.88. The molecule has 108 valence electrons. The van der Waals surface area contributed by atoms with Crippen LogP contribution in [0.15, 0.2) is 47.4 Å². The van der Waals surface area contributed by atoms with Crippen LogP contribution in [0.3, 0.4) is 0 Å². The minimum atomic E-state index is 0.762. The van der Waals surface area contributed by atoms with Crippen LogP contribution in [0.5, 0.6) is 5.75 Å². The number of anilines is 1. The smallest absolute Gasteiger partial charge is 0.120 e. The highest BCUT2D eigenvalue weighted by molar-refractivity contribution is 7.98. The van der Waals surface area contributed by atoms with Crippen LogP contribution < -0.4 is 10.5 Å². The Hall–Kier alpha value is -1.36. The average Bonchev–Trinajstić information content (AvgIpc) is 2.83. The zero-order chi connectivity index (χ0) is 14.8. The Labute approximate surface area is 136 Å². The van der Waals surface area contributed by atoms with Crippen molar-refractivity contribution in [2.45, 2.75) is 10.6 Å². The molecule has 2 N–H and O–H groups in total. The molecule has 21 heavy (non-hydrogen) atoms. The highest BCUT2D eigenvalue weighted by Gasteiger charge is 2.11. The lowest BCUT2D eigenvalue weighted by atomic mass is 10.2. The SMILES string of the molecule is COc1ccc(N)c(SCc2sc3ccccc3c2Cl)c1. The molecule has 0 aliphatic carbocycles. The van der Waals surface area contributed by atoms with Crippen LogP contribution in [0, 0.1) is 0 Å². The van der Waals surface area contributed by atoms with Gasteiger partial charge in [0, 0.05) is 31.3 Å². The van der Waals surface area contributed by atoms with Crippen molar-refractivity contribution in [1.29, 1.82) is 0 Å². The Morgan fingerprint density at radius 2 is 2.05 bits per heavy atom. The number of hydrogen-bond donors (Lipinski definition) is 1. The van der Waals surface area contributed by atoms with E-state index in [1.54, 1.807) is 30.2 Å². The van der Waals surface area contributed by atoms with Gasteiger partial charge in [0.05, 0.1) is 12.1 Å². The Balaban J connectivity index is 1.85. The van der Waals surface area contributed by atoms with E-state index in [1.807, 2.05) is 30.3 Å². The van der Waals surface area contributed by atoms with Gasteiger partial charge < -0.3 is 10.5 Å². The number of methoxy groups -OCH3 is 1. The van der Waals surface area contributed by atoms with Crippen LogP contribution in [0.4, 0.5) is 5.69 Å². The second kappa shape index (κ2) is 6.18. The molecule has 3 rings (SSSR count). The van der Waals surface area contributed by atoms with Gasteiger partial charge in [-0.15, -0.1) is 23.1 Å². The molecule has 0 fully saturated rings. The van der Waals surface area contributed by atoms with Gasteiger partial charge in [0.1, 0.15) is 5.75 Å². The van der Waals surface area contributed by atoms with Crippen molar-refractivity contribution >= 4 is 50.5 Å². The molecule has 3 aromatic rings. The number of thiophene rings is 1. The topological polar surface area (TPSA) is 35.2 Å². The summed E-state index contributed by atoms with van der Waals surface area (Å²) in [5.41, 5.74) is 6.78. The number of benzene rings is 2. The molecule has 0 bridgehead atoms. The molecule has 2 aromatic carbocycles. The minimum absolute atomic E-state index is 0.762. The maximum Gasteiger partial charge on any atom is 0.120 e. The van der Waals surface area contributed by atoms with E-state index in [0.29, 0.717) is 0 Å². The van der Waals surface area contributed by atoms with E-state index >= 15 is 0 Å². The molecule has 0 unspecified atom stereocenters. The summed E-state index contributed by atoms with van der Waals surface area (Å²) < 4.78 is 6.46. The molecule has 0 amide bonds. The van der Waals surface area contributed by atoms with Gasteiger partial charge in [0.15, 0.2) is 0 Å². The van der Waals surface area contributed by atoms with Crippen molar-refractivity contribution in [2.24, 2.45) is 0 Å². The Kier molecular flexibility index (Phi) is 4.29. The molecule has 2 nitrogen and oxygen atoms in total. The van der Waals surface area contributed by atoms with E-state index in [4.69, 9.17) is 22.1 Å². The molecule has 0 aliphatic rings. The molecule has 5 heteroatoms. The highest BCUT2D eigenvalue weighted by Crippen LogP contribution is 2.40. The van der Waals surface area contributed by atoms with Crippen molar-refractivity contribution in [1.82, 2.24) is 0 Å². The number of fused-ring (bicyclic) bond motifs is 1. The van der Waals surface area contributed by atoms with Gasteiger partial charge >= 0.3 is 0 Å².